The number of carbonyl (C=O) groups excluding carboxylic acids is 1. The predicted molar refractivity (Wildman–Crippen MR) is 106 cm³/mol. The second kappa shape index (κ2) is 7.82. The molecule has 0 saturated carbocycles. The van der Waals surface area contributed by atoms with E-state index < -0.39 is 10.0 Å². The summed E-state index contributed by atoms with van der Waals surface area (Å²) in [6.07, 6.45) is 0.934. The molecule has 27 heavy (non-hydrogen) atoms. The Labute approximate surface area is 161 Å². The summed E-state index contributed by atoms with van der Waals surface area (Å²) in [5.74, 6) is -0.0409. The van der Waals surface area contributed by atoms with Gasteiger partial charge in [0, 0.05) is 31.7 Å². The SMILES string of the molecule is CCc1ccc(C(=O)N2CCN(S(=O)(=O)c3ccc(C)c(C)c3)CC2)cc1. The van der Waals surface area contributed by atoms with Gasteiger partial charge in [0.1, 0.15) is 0 Å². The van der Waals surface area contributed by atoms with Crippen LogP contribution in [0.3, 0.4) is 0 Å². The van der Waals surface area contributed by atoms with Crippen molar-refractivity contribution in [3.63, 3.8) is 0 Å². The van der Waals surface area contributed by atoms with Gasteiger partial charge >= 0.3 is 0 Å². The Morgan fingerprint density at radius 1 is 0.926 bits per heavy atom. The molecule has 1 amide bonds. The number of hydrogen-bond donors (Lipinski definition) is 0. The highest BCUT2D eigenvalue weighted by Gasteiger charge is 2.30. The molecule has 0 bridgehead atoms. The third-order valence-corrected chi connectivity index (χ3v) is 7.15. The Morgan fingerprint density at radius 2 is 1.56 bits per heavy atom. The fourth-order valence-corrected chi connectivity index (χ4v) is 4.73. The number of rotatable bonds is 4. The number of aryl methyl sites for hydroxylation is 3. The van der Waals surface area contributed by atoms with E-state index in [0.29, 0.717) is 36.6 Å². The lowest BCUT2D eigenvalue weighted by atomic mass is 10.1. The summed E-state index contributed by atoms with van der Waals surface area (Å²) in [5, 5.41) is 0. The van der Waals surface area contributed by atoms with E-state index in [4.69, 9.17) is 0 Å². The van der Waals surface area contributed by atoms with Gasteiger partial charge in [-0.3, -0.25) is 4.79 Å². The highest BCUT2D eigenvalue weighted by Crippen LogP contribution is 2.21. The van der Waals surface area contributed by atoms with Crippen LogP contribution in [0.1, 0.15) is 34.0 Å². The van der Waals surface area contributed by atoms with E-state index in [0.717, 1.165) is 17.5 Å². The fraction of sp³-hybridized carbons (Fsp3) is 0.381. The minimum absolute atomic E-state index is 0.0409. The van der Waals surface area contributed by atoms with Gasteiger partial charge in [-0.05, 0) is 61.2 Å². The molecule has 1 aliphatic heterocycles. The Balaban J connectivity index is 1.68. The molecule has 1 aliphatic rings. The highest BCUT2D eigenvalue weighted by molar-refractivity contribution is 7.89. The summed E-state index contributed by atoms with van der Waals surface area (Å²) in [6, 6.07) is 12.8. The van der Waals surface area contributed by atoms with Gasteiger partial charge in [-0.2, -0.15) is 4.31 Å². The molecule has 0 atom stereocenters. The molecule has 6 heteroatoms. The molecule has 0 N–H and O–H groups in total. The van der Waals surface area contributed by atoms with E-state index >= 15 is 0 Å². The van der Waals surface area contributed by atoms with E-state index in [2.05, 4.69) is 6.92 Å². The first kappa shape index (κ1) is 19.6. The van der Waals surface area contributed by atoms with Crippen molar-refractivity contribution in [1.82, 2.24) is 9.21 Å². The largest absolute Gasteiger partial charge is 0.336 e. The number of carbonyl (C=O) groups is 1. The predicted octanol–water partition coefficient (Wildman–Crippen LogP) is 3.01. The van der Waals surface area contributed by atoms with Crippen LogP contribution in [-0.2, 0) is 16.4 Å². The first-order chi connectivity index (χ1) is 12.8. The molecule has 1 saturated heterocycles. The summed E-state index contributed by atoms with van der Waals surface area (Å²) in [5.41, 5.74) is 3.87. The molecule has 0 aliphatic carbocycles. The van der Waals surface area contributed by atoms with Crippen molar-refractivity contribution >= 4 is 15.9 Å². The van der Waals surface area contributed by atoms with Gasteiger partial charge in [0.15, 0.2) is 0 Å². The van der Waals surface area contributed by atoms with Crippen molar-refractivity contribution < 1.29 is 13.2 Å². The van der Waals surface area contributed by atoms with Crippen molar-refractivity contribution in [3.05, 3.63) is 64.7 Å². The average molecular weight is 387 g/mol. The van der Waals surface area contributed by atoms with Gasteiger partial charge in [-0.15, -0.1) is 0 Å². The van der Waals surface area contributed by atoms with Crippen LogP contribution in [0, 0.1) is 13.8 Å². The molecule has 3 rings (SSSR count). The maximum Gasteiger partial charge on any atom is 0.253 e. The second-order valence-electron chi connectivity index (χ2n) is 6.99. The van der Waals surface area contributed by atoms with Gasteiger partial charge < -0.3 is 4.90 Å². The third kappa shape index (κ3) is 4.06. The van der Waals surface area contributed by atoms with Crippen molar-refractivity contribution in [2.75, 3.05) is 26.2 Å². The highest BCUT2D eigenvalue weighted by atomic mass is 32.2. The molecule has 0 aromatic heterocycles. The molecule has 5 nitrogen and oxygen atoms in total. The van der Waals surface area contributed by atoms with Crippen molar-refractivity contribution in [1.29, 1.82) is 0 Å². The monoisotopic (exact) mass is 386 g/mol. The average Bonchev–Trinajstić information content (AvgIpc) is 2.69. The lowest BCUT2D eigenvalue weighted by molar-refractivity contribution is 0.0698. The molecule has 2 aromatic rings. The number of nitrogens with zero attached hydrogens (tertiary/aromatic N) is 2. The zero-order valence-corrected chi connectivity index (χ0v) is 16.9. The third-order valence-electron chi connectivity index (χ3n) is 5.25. The Hall–Kier alpha value is -2.18. The quantitative estimate of drug-likeness (QED) is 0.812. The maximum atomic E-state index is 12.9. The zero-order valence-electron chi connectivity index (χ0n) is 16.1. The summed E-state index contributed by atoms with van der Waals surface area (Å²) in [7, 11) is -3.53. The van der Waals surface area contributed by atoms with Crippen molar-refractivity contribution in [2.24, 2.45) is 0 Å². The molecule has 0 spiro atoms. The van der Waals surface area contributed by atoms with Crippen molar-refractivity contribution in [2.45, 2.75) is 32.1 Å². The number of piperazine rings is 1. The minimum atomic E-state index is -3.53. The Kier molecular flexibility index (Phi) is 5.67. The van der Waals surface area contributed by atoms with Gasteiger partial charge in [0.25, 0.3) is 5.91 Å². The van der Waals surface area contributed by atoms with Crippen LogP contribution in [0.5, 0.6) is 0 Å². The van der Waals surface area contributed by atoms with E-state index in [1.54, 1.807) is 17.0 Å². The van der Waals surface area contributed by atoms with Gasteiger partial charge in [-0.1, -0.05) is 25.1 Å². The Bertz CT molecular complexity index is 928. The lowest BCUT2D eigenvalue weighted by Gasteiger charge is -2.34. The molecular formula is C21H26N2O3S. The summed E-state index contributed by atoms with van der Waals surface area (Å²) in [4.78, 5) is 14.7. The van der Waals surface area contributed by atoms with Crippen LogP contribution >= 0.6 is 0 Å². The molecule has 0 radical (unpaired) electrons. The van der Waals surface area contributed by atoms with E-state index in [1.807, 2.05) is 44.2 Å². The standard InChI is InChI=1S/C21H26N2O3S/c1-4-18-6-8-19(9-7-18)21(24)22-11-13-23(14-12-22)27(25,26)20-10-5-16(2)17(3)15-20/h5-10,15H,4,11-14H2,1-3H3. The van der Waals surface area contributed by atoms with E-state index in [-0.39, 0.29) is 5.91 Å². The van der Waals surface area contributed by atoms with Crippen LogP contribution in [0.2, 0.25) is 0 Å². The van der Waals surface area contributed by atoms with Crippen LogP contribution in [0.4, 0.5) is 0 Å². The summed E-state index contributed by atoms with van der Waals surface area (Å²) >= 11 is 0. The summed E-state index contributed by atoms with van der Waals surface area (Å²) < 4.78 is 27.3. The molecule has 1 fully saturated rings. The van der Waals surface area contributed by atoms with Gasteiger partial charge in [0.05, 0.1) is 4.90 Å². The first-order valence-corrected chi connectivity index (χ1v) is 10.7. The molecule has 0 unspecified atom stereocenters. The normalized spacial score (nSPS) is 15.7. The van der Waals surface area contributed by atoms with Crippen LogP contribution in [0.25, 0.3) is 0 Å². The van der Waals surface area contributed by atoms with Crippen LogP contribution in [-0.4, -0.2) is 49.7 Å². The van der Waals surface area contributed by atoms with Crippen LogP contribution in [0.15, 0.2) is 47.4 Å². The lowest BCUT2D eigenvalue weighted by Crippen LogP contribution is -2.50. The topological polar surface area (TPSA) is 57.7 Å². The molecule has 1 heterocycles. The second-order valence-corrected chi connectivity index (χ2v) is 8.93. The van der Waals surface area contributed by atoms with Crippen LogP contribution < -0.4 is 0 Å². The van der Waals surface area contributed by atoms with E-state index in [1.165, 1.54) is 9.87 Å². The van der Waals surface area contributed by atoms with Crippen molar-refractivity contribution in [3.8, 4) is 0 Å². The smallest absolute Gasteiger partial charge is 0.253 e. The fourth-order valence-electron chi connectivity index (χ4n) is 3.22. The Morgan fingerprint density at radius 3 is 2.11 bits per heavy atom. The maximum absolute atomic E-state index is 12.9. The zero-order chi connectivity index (χ0) is 19.6. The molecule has 2 aromatic carbocycles. The van der Waals surface area contributed by atoms with Gasteiger partial charge in [-0.25, -0.2) is 8.42 Å². The summed E-state index contributed by atoms with van der Waals surface area (Å²) in [6.45, 7) is 7.38. The minimum Gasteiger partial charge on any atom is -0.336 e. The number of sulfonamides is 1. The van der Waals surface area contributed by atoms with Gasteiger partial charge in [0.2, 0.25) is 10.0 Å². The van der Waals surface area contributed by atoms with E-state index in [9.17, 15) is 13.2 Å². The number of hydrogen-bond acceptors (Lipinski definition) is 3. The molecular weight excluding hydrogens is 360 g/mol. The molecule has 144 valence electrons. The number of benzene rings is 2. The first-order valence-electron chi connectivity index (χ1n) is 9.28. The number of amides is 1.